The number of ketones is 1. The summed E-state index contributed by atoms with van der Waals surface area (Å²) in [5.74, 6) is 0.812. The molecule has 1 aliphatic heterocycles. The second kappa shape index (κ2) is 5.42. The van der Waals surface area contributed by atoms with Gasteiger partial charge >= 0.3 is 0 Å². The predicted octanol–water partition coefficient (Wildman–Crippen LogP) is 3.84. The maximum absolute atomic E-state index is 13.0. The quantitative estimate of drug-likeness (QED) is 0.729. The molecule has 0 aliphatic carbocycles. The monoisotopic (exact) mass is 323 g/mol. The zero-order chi connectivity index (χ0) is 16.0. The van der Waals surface area contributed by atoms with E-state index in [-0.39, 0.29) is 5.78 Å². The number of aromatic amines is 1. The van der Waals surface area contributed by atoms with Gasteiger partial charge in [-0.15, -0.1) is 11.8 Å². The van der Waals surface area contributed by atoms with E-state index >= 15 is 0 Å². The summed E-state index contributed by atoms with van der Waals surface area (Å²) in [7, 11) is 2.03. The number of carbonyl (C=O) groups is 1. The van der Waals surface area contributed by atoms with E-state index in [1.165, 1.54) is 0 Å². The van der Waals surface area contributed by atoms with E-state index in [4.69, 9.17) is 0 Å². The first kappa shape index (κ1) is 14.3. The van der Waals surface area contributed by atoms with Gasteiger partial charge in [0.2, 0.25) is 0 Å². The molecule has 3 heterocycles. The van der Waals surface area contributed by atoms with E-state index in [1.54, 1.807) is 18.1 Å². The van der Waals surface area contributed by atoms with E-state index in [9.17, 15) is 4.79 Å². The fourth-order valence-electron chi connectivity index (χ4n) is 3.14. The Balaban J connectivity index is 1.85. The van der Waals surface area contributed by atoms with Crippen LogP contribution in [0.1, 0.15) is 28.7 Å². The van der Waals surface area contributed by atoms with Crippen molar-refractivity contribution in [3.63, 3.8) is 0 Å². The number of aryl methyl sites for hydroxylation is 2. The molecule has 5 heteroatoms. The van der Waals surface area contributed by atoms with Gasteiger partial charge in [-0.25, -0.2) is 4.98 Å². The van der Waals surface area contributed by atoms with Crippen LogP contribution in [0.3, 0.4) is 0 Å². The van der Waals surface area contributed by atoms with E-state index in [0.29, 0.717) is 5.75 Å². The molecular weight excluding hydrogens is 306 g/mol. The van der Waals surface area contributed by atoms with Crippen molar-refractivity contribution < 1.29 is 4.79 Å². The van der Waals surface area contributed by atoms with Crippen molar-refractivity contribution in [1.82, 2.24) is 14.5 Å². The van der Waals surface area contributed by atoms with Gasteiger partial charge in [0.25, 0.3) is 0 Å². The van der Waals surface area contributed by atoms with Crippen LogP contribution in [0.5, 0.6) is 0 Å². The number of hydrogen-bond acceptors (Lipinski definition) is 3. The Morgan fingerprint density at radius 1 is 1.39 bits per heavy atom. The van der Waals surface area contributed by atoms with Crippen LogP contribution in [0.2, 0.25) is 0 Å². The summed E-state index contributed by atoms with van der Waals surface area (Å²) < 4.78 is 2.12. The molecule has 116 valence electrons. The molecule has 0 spiro atoms. The Morgan fingerprint density at radius 3 is 3.04 bits per heavy atom. The Labute approximate surface area is 138 Å². The van der Waals surface area contributed by atoms with Crippen molar-refractivity contribution in [3.8, 4) is 0 Å². The molecule has 3 aromatic rings. The summed E-state index contributed by atoms with van der Waals surface area (Å²) in [6.45, 7) is 2.08. The lowest BCUT2D eigenvalue weighted by Gasteiger charge is -2.15. The van der Waals surface area contributed by atoms with Crippen LogP contribution < -0.4 is 0 Å². The highest BCUT2D eigenvalue weighted by molar-refractivity contribution is 7.99. The Morgan fingerprint density at radius 2 is 2.22 bits per heavy atom. The molecule has 1 aromatic carbocycles. The van der Waals surface area contributed by atoms with Crippen molar-refractivity contribution in [2.24, 2.45) is 7.05 Å². The first-order valence-corrected chi connectivity index (χ1v) is 8.67. The number of hydrogen-bond donors (Lipinski definition) is 1. The van der Waals surface area contributed by atoms with Gasteiger partial charge < -0.3 is 9.55 Å². The summed E-state index contributed by atoms with van der Waals surface area (Å²) >= 11 is 1.72. The second-order valence-electron chi connectivity index (χ2n) is 5.66. The lowest BCUT2D eigenvalue weighted by Crippen LogP contribution is -2.13. The van der Waals surface area contributed by atoms with Crippen LogP contribution in [0.25, 0.3) is 17.0 Å². The SMILES string of the molecule is CCc1[nH]cnc1/C=C1/CSc2c(c3ccccc3n2C)C1=O. The van der Waals surface area contributed by atoms with E-state index < -0.39 is 0 Å². The normalized spacial score (nSPS) is 16.3. The number of imidazole rings is 1. The summed E-state index contributed by atoms with van der Waals surface area (Å²) in [4.78, 5) is 20.5. The average Bonchev–Trinajstić information content (AvgIpc) is 3.14. The number of rotatable bonds is 2. The number of carbonyl (C=O) groups excluding carboxylic acids is 1. The number of nitrogens with zero attached hydrogens (tertiary/aromatic N) is 2. The second-order valence-corrected chi connectivity index (χ2v) is 6.63. The van der Waals surface area contributed by atoms with Gasteiger partial charge in [0, 0.05) is 35.0 Å². The number of Topliss-reactive ketones (excluding diaryl/α,β-unsaturated/α-hetero) is 1. The zero-order valence-corrected chi connectivity index (χ0v) is 13.9. The lowest BCUT2D eigenvalue weighted by molar-refractivity contribution is 0.103. The molecule has 1 aliphatic rings. The van der Waals surface area contributed by atoms with Crippen molar-refractivity contribution >= 4 is 34.5 Å². The van der Waals surface area contributed by atoms with Gasteiger partial charge in [-0.05, 0) is 18.6 Å². The molecule has 0 saturated carbocycles. The van der Waals surface area contributed by atoms with Crippen LogP contribution in [-0.4, -0.2) is 26.1 Å². The predicted molar refractivity (Wildman–Crippen MR) is 93.9 cm³/mol. The first-order chi connectivity index (χ1) is 11.2. The topological polar surface area (TPSA) is 50.7 Å². The number of aromatic nitrogens is 3. The minimum absolute atomic E-state index is 0.126. The Kier molecular flexibility index (Phi) is 3.38. The fraction of sp³-hybridized carbons (Fsp3) is 0.222. The van der Waals surface area contributed by atoms with Crippen LogP contribution in [0.4, 0.5) is 0 Å². The van der Waals surface area contributed by atoms with Gasteiger partial charge in [0.15, 0.2) is 5.78 Å². The molecule has 0 fully saturated rings. The highest BCUT2D eigenvalue weighted by Gasteiger charge is 2.28. The van der Waals surface area contributed by atoms with Crippen LogP contribution in [0, 0.1) is 0 Å². The number of H-pyrrole nitrogens is 1. The molecule has 0 radical (unpaired) electrons. The summed E-state index contributed by atoms with van der Waals surface area (Å²) in [5.41, 5.74) is 4.70. The Hall–Kier alpha value is -2.27. The highest BCUT2D eigenvalue weighted by atomic mass is 32.2. The maximum atomic E-state index is 13.0. The number of thioether (sulfide) groups is 1. The van der Waals surface area contributed by atoms with Crippen molar-refractivity contribution in [3.05, 3.63) is 53.1 Å². The highest BCUT2D eigenvalue weighted by Crippen LogP contribution is 2.39. The average molecular weight is 323 g/mol. The van der Waals surface area contributed by atoms with Crippen molar-refractivity contribution in [2.45, 2.75) is 18.4 Å². The van der Waals surface area contributed by atoms with Gasteiger partial charge in [-0.3, -0.25) is 4.79 Å². The minimum Gasteiger partial charge on any atom is -0.348 e. The molecular formula is C18H17N3OS. The largest absolute Gasteiger partial charge is 0.348 e. The number of benzene rings is 1. The lowest BCUT2D eigenvalue weighted by atomic mass is 10.0. The summed E-state index contributed by atoms with van der Waals surface area (Å²) in [6, 6.07) is 8.09. The number of nitrogens with one attached hydrogen (secondary N) is 1. The van der Waals surface area contributed by atoms with Crippen LogP contribution in [0.15, 0.2) is 41.2 Å². The molecule has 0 bridgehead atoms. The van der Waals surface area contributed by atoms with E-state index in [0.717, 1.165) is 44.9 Å². The molecule has 23 heavy (non-hydrogen) atoms. The van der Waals surface area contributed by atoms with Crippen LogP contribution >= 0.6 is 11.8 Å². The summed E-state index contributed by atoms with van der Waals surface area (Å²) in [5, 5.41) is 2.09. The number of fused-ring (bicyclic) bond motifs is 3. The molecule has 4 rings (SSSR count). The van der Waals surface area contributed by atoms with Gasteiger partial charge in [0.05, 0.1) is 22.6 Å². The molecule has 0 atom stereocenters. The zero-order valence-electron chi connectivity index (χ0n) is 13.1. The third-order valence-electron chi connectivity index (χ3n) is 4.35. The van der Waals surface area contributed by atoms with Crippen molar-refractivity contribution in [1.29, 1.82) is 0 Å². The smallest absolute Gasteiger partial charge is 0.193 e. The van der Waals surface area contributed by atoms with Gasteiger partial charge in [-0.1, -0.05) is 25.1 Å². The third kappa shape index (κ3) is 2.15. The summed E-state index contributed by atoms with van der Waals surface area (Å²) in [6.07, 6.45) is 4.50. The molecule has 0 saturated heterocycles. The number of para-hydroxylation sites is 1. The molecule has 0 amide bonds. The molecule has 2 aromatic heterocycles. The maximum Gasteiger partial charge on any atom is 0.193 e. The Bertz CT molecular complexity index is 948. The standard InChI is InChI=1S/C18H17N3OS/c1-3-13-14(20-10-19-13)8-11-9-23-18-16(17(11)22)12-6-4-5-7-15(12)21(18)2/h4-8,10H,3,9H2,1-2H3,(H,19,20)/b11-8-. The van der Waals surface area contributed by atoms with Crippen molar-refractivity contribution in [2.75, 3.05) is 5.75 Å². The van der Waals surface area contributed by atoms with Gasteiger partial charge in [-0.2, -0.15) is 0 Å². The third-order valence-corrected chi connectivity index (χ3v) is 5.56. The minimum atomic E-state index is 0.126. The first-order valence-electron chi connectivity index (χ1n) is 7.68. The fourth-order valence-corrected chi connectivity index (χ4v) is 4.29. The molecule has 0 unspecified atom stereocenters. The molecule has 1 N–H and O–H groups in total. The molecule has 4 nitrogen and oxygen atoms in total. The van der Waals surface area contributed by atoms with Gasteiger partial charge in [0.1, 0.15) is 0 Å². The van der Waals surface area contributed by atoms with Crippen LogP contribution in [-0.2, 0) is 13.5 Å². The van der Waals surface area contributed by atoms with E-state index in [2.05, 4.69) is 27.5 Å². The van der Waals surface area contributed by atoms with E-state index in [1.807, 2.05) is 31.3 Å².